The fraction of sp³-hybridized carbons (Fsp3) is 0.222. The largest absolute Gasteiger partial charge is 0.416 e. The minimum atomic E-state index is -4.38. The van der Waals surface area contributed by atoms with E-state index in [9.17, 15) is 22.8 Å². The second-order valence-corrected chi connectivity index (χ2v) is 5.51. The molecule has 8 heteroatoms. The van der Waals surface area contributed by atoms with Crippen molar-refractivity contribution in [3.05, 3.63) is 70.8 Å². The van der Waals surface area contributed by atoms with Gasteiger partial charge in [0.15, 0.2) is 0 Å². The quantitative estimate of drug-likeness (QED) is 0.762. The summed E-state index contributed by atoms with van der Waals surface area (Å²) in [5.41, 5.74) is 1.15. The Balaban J connectivity index is 1.79. The van der Waals surface area contributed by atoms with Gasteiger partial charge in [0, 0.05) is 25.7 Å². The standard InChI is InChI=1S/C18H18F3N3O2/c1-22-16(25)14-6-2-12(3-7-14)10-23-17(26)24-11-13-4-8-15(9-5-13)18(19,20)21/h2-9H,10-11H2,1H3,(H,22,25)(H2,23,24,26). The zero-order valence-corrected chi connectivity index (χ0v) is 14.0. The number of nitrogens with one attached hydrogen (secondary N) is 3. The summed E-state index contributed by atoms with van der Waals surface area (Å²) in [5.74, 6) is -0.196. The van der Waals surface area contributed by atoms with Crippen molar-refractivity contribution in [1.29, 1.82) is 0 Å². The first kappa shape index (κ1) is 19.3. The highest BCUT2D eigenvalue weighted by Gasteiger charge is 2.29. The number of amides is 3. The Kier molecular flexibility index (Phi) is 6.21. The van der Waals surface area contributed by atoms with Crippen molar-refractivity contribution in [2.45, 2.75) is 19.3 Å². The van der Waals surface area contributed by atoms with E-state index in [1.54, 1.807) is 31.3 Å². The van der Waals surface area contributed by atoms with E-state index < -0.39 is 17.8 Å². The van der Waals surface area contributed by atoms with Crippen LogP contribution in [0.1, 0.15) is 27.0 Å². The third kappa shape index (κ3) is 5.51. The second kappa shape index (κ2) is 8.37. The number of urea groups is 1. The maximum Gasteiger partial charge on any atom is 0.416 e. The molecule has 0 saturated carbocycles. The van der Waals surface area contributed by atoms with Crippen LogP contribution in [0.4, 0.5) is 18.0 Å². The Bertz CT molecular complexity index is 757. The van der Waals surface area contributed by atoms with Crippen molar-refractivity contribution < 1.29 is 22.8 Å². The molecule has 2 rings (SSSR count). The number of rotatable bonds is 5. The highest BCUT2D eigenvalue weighted by molar-refractivity contribution is 5.93. The molecule has 5 nitrogen and oxygen atoms in total. The van der Waals surface area contributed by atoms with Crippen molar-refractivity contribution in [2.24, 2.45) is 0 Å². The Labute approximate surface area is 148 Å². The molecule has 2 aromatic rings. The Morgan fingerprint density at radius 3 is 1.73 bits per heavy atom. The van der Waals surface area contributed by atoms with Crippen LogP contribution >= 0.6 is 0 Å². The lowest BCUT2D eigenvalue weighted by atomic mass is 10.1. The molecule has 0 atom stereocenters. The molecule has 0 aliphatic heterocycles. The van der Waals surface area contributed by atoms with Gasteiger partial charge in [-0.3, -0.25) is 4.79 Å². The van der Waals surface area contributed by atoms with E-state index in [1.807, 2.05) is 0 Å². The highest BCUT2D eigenvalue weighted by atomic mass is 19.4. The zero-order chi connectivity index (χ0) is 19.2. The maximum absolute atomic E-state index is 12.5. The summed E-state index contributed by atoms with van der Waals surface area (Å²) in [5, 5.41) is 7.72. The summed E-state index contributed by atoms with van der Waals surface area (Å²) in [6.07, 6.45) is -4.38. The Morgan fingerprint density at radius 2 is 1.31 bits per heavy atom. The summed E-state index contributed by atoms with van der Waals surface area (Å²) in [7, 11) is 1.54. The first-order valence-corrected chi connectivity index (χ1v) is 7.78. The van der Waals surface area contributed by atoms with Crippen LogP contribution in [0.5, 0.6) is 0 Å². The summed E-state index contributed by atoms with van der Waals surface area (Å²) in [6, 6.07) is 10.9. The lowest BCUT2D eigenvalue weighted by molar-refractivity contribution is -0.137. The first-order chi connectivity index (χ1) is 12.3. The first-order valence-electron chi connectivity index (χ1n) is 7.78. The average Bonchev–Trinajstić information content (AvgIpc) is 2.64. The summed E-state index contributed by atoms with van der Waals surface area (Å²) in [4.78, 5) is 23.2. The van der Waals surface area contributed by atoms with Crippen molar-refractivity contribution in [2.75, 3.05) is 7.05 Å². The van der Waals surface area contributed by atoms with Gasteiger partial charge in [-0.25, -0.2) is 4.79 Å². The summed E-state index contributed by atoms with van der Waals surface area (Å²) in [6.45, 7) is 0.368. The maximum atomic E-state index is 12.5. The van der Waals surface area contributed by atoms with Gasteiger partial charge in [-0.2, -0.15) is 13.2 Å². The monoisotopic (exact) mass is 365 g/mol. The fourth-order valence-electron chi connectivity index (χ4n) is 2.16. The molecule has 138 valence electrons. The number of halogens is 3. The smallest absolute Gasteiger partial charge is 0.355 e. The van der Waals surface area contributed by atoms with Crippen LogP contribution in [0, 0.1) is 0 Å². The van der Waals surface area contributed by atoms with Crippen LogP contribution in [-0.4, -0.2) is 19.0 Å². The minimum absolute atomic E-state index is 0.111. The number of hydrogen-bond acceptors (Lipinski definition) is 2. The molecule has 0 fully saturated rings. The summed E-state index contributed by atoms with van der Waals surface area (Å²) >= 11 is 0. The van der Waals surface area contributed by atoms with E-state index in [2.05, 4.69) is 16.0 Å². The van der Waals surface area contributed by atoms with E-state index in [1.165, 1.54) is 12.1 Å². The molecule has 3 N–H and O–H groups in total. The minimum Gasteiger partial charge on any atom is -0.355 e. The number of alkyl halides is 3. The number of benzene rings is 2. The molecular formula is C18H18F3N3O2. The van der Waals surface area contributed by atoms with Crippen LogP contribution in [0.25, 0.3) is 0 Å². The van der Waals surface area contributed by atoms with E-state index >= 15 is 0 Å². The molecule has 0 spiro atoms. The fourth-order valence-corrected chi connectivity index (χ4v) is 2.16. The van der Waals surface area contributed by atoms with E-state index in [0.717, 1.165) is 17.7 Å². The van der Waals surface area contributed by atoms with Crippen molar-refractivity contribution in [3.8, 4) is 0 Å². The molecule has 0 heterocycles. The van der Waals surface area contributed by atoms with E-state index in [0.29, 0.717) is 11.1 Å². The van der Waals surface area contributed by atoms with Gasteiger partial charge in [-0.05, 0) is 35.4 Å². The Morgan fingerprint density at radius 1 is 0.846 bits per heavy atom. The third-order valence-electron chi connectivity index (χ3n) is 3.63. The second-order valence-electron chi connectivity index (χ2n) is 5.51. The summed E-state index contributed by atoms with van der Waals surface area (Å²) < 4.78 is 37.4. The van der Waals surface area contributed by atoms with Crippen LogP contribution in [-0.2, 0) is 19.3 Å². The predicted octanol–water partition coefficient (Wildman–Crippen LogP) is 3.06. The van der Waals surface area contributed by atoms with Crippen LogP contribution in [0.3, 0.4) is 0 Å². The van der Waals surface area contributed by atoms with E-state index in [4.69, 9.17) is 0 Å². The van der Waals surface area contributed by atoms with Gasteiger partial charge < -0.3 is 16.0 Å². The van der Waals surface area contributed by atoms with Gasteiger partial charge in [-0.1, -0.05) is 24.3 Å². The molecule has 2 aromatic carbocycles. The molecule has 0 aliphatic rings. The van der Waals surface area contributed by atoms with Gasteiger partial charge in [0.05, 0.1) is 5.56 Å². The van der Waals surface area contributed by atoms with Crippen molar-refractivity contribution in [1.82, 2.24) is 16.0 Å². The van der Waals surface area contributed by atoms with Gasteiger partial charge in [0.1, 0.15) is 0 Å². The molecule has 26 heavy (non-hydrogen) atoms. The predicted molar refractivity (Wildman–Crippen MR) is 90.4 cm³/mol. The average molecular weight is 365 g/mol. The number of hydrogen-bond donors (Lipinski definition) is 3. The van der Waals surface area contributed by atoms with Crippen LogP contribution < -0.4 is 16.0 Å². The lowest BCUT2D eigenvalue weighted by Crippen LogP contribution is -2.34. The Hall–Kier alpha value is -3.03. The normalized spacial score (nSPS) is 10.9. The molecule has 0 bridgehead atoms. The zero-order valence-electron chi connectivity index (χ0n) is 14.0. The SMILES string of the molecule is CNC(=O)c1ccc(CNC(=O)NCc2ccc(C(F)(F)F)cc2)cc1. The van der Waals surface area contributed by atoms with Crippen LogP contribution in [0.15, 0.2) is 48.5 Å². The molecule has 0 aromatic heterocycles. The van der Waals surface area contributed by atoms with Gasteiger partial charge in [0.2, 0.25) is 0 Å². The number of carbonyl (C=O) groups is 2. The van der Waals surface area contributed by atoms with Gasteiger partial charge >= 0.3 is 12.2 Å². The van der Waals surface area contributed by atoms with Crippen LogP contribution in [0.2, 0.25) is 0 Å². The number of carbonyl (C=O) groups excluding carboxylic acids is 2. The molecule has 0 unspecified atom stereocenters. The molecule has 0 radical (unpaired) electrons. The molecular weight excluding hydrogens is 347 g/mol. The van der Waals surface area contributed by atoms with E-state index in [-0.39, 0.29) is 19.0 Å². The van der Waals surface area contributed by atoms with Crippen molar-refractivity contribution >= 4 is 11.9 Å². The highest BCUT2D eigenvalue weighted by Crippen LogP contribution is 2.29. The molecule has 0 saturated heterocycles. The molecule has 3 amide bonds. The molecule has 0 aliphatic carbocycles. The lowest BCUT2D eigenvalue weighted by Gasteiger charge is -2.10. The van der Waals surface area contributed by atoms with Gasteiger partial charge in [-0.15, -0.1) is 0 Å². The van der Waals surface area contributed by atoms with Gasteiger partial charge in [0.25, 0.3) is 5.91 Å². The third-order valence-corrected chi connectivity index (χ3v) is 3.63. The van der Waals surface area contributed by atoms with Crippen molar-refractivity contribution in [3.63, 3.8) is 0 Å². The topological polar surface area (TPSA) is 70.2 Å².